The zero-order chi connectivity index (χ0) is 15.4. The first-order chi connectivity index (χ1) is 10.6. The van der Waals surface area contributed by atoms with Crippen molar-refractivity contribution in [3.8, 4) is 0 Å². The smallest absolute Gasteiger partial charge is 0.0111 e. The molecule has 0 amide bonds. The molecule has 2 aliphatic carbocycles. The summed E-state index contributed by atoms with van der Waals surface area (Å²) in [5.74, 6) is 1.30. The lowest BCUT2D eigenvalue weighted by Gasteiger charge is -2.30. The second-order valence-corrected chi connectivity index (χ2v) is 7.97. The summed E-state index contributed by atoms with van der Waals surface area (Å²) in [7, 11) is 0. The van der Waals surface area contributed by atoms with E-state index in [1.54, 1.807) is 44.2 Å². The topological polar surface area (TPSA) is 0 Å². The Labute approximate surface area is 134 Å². The highest BCUT2D eigenvalue weighted by atomic mass is 14.3. The average Bonchev–Trinajstić information content (AvgIpc) is 2.51. The second-order valence-electron chi connectivity index (χ2n) is 7.97. The van der Waals surface area contributed by atoms with Gasteiger partial charge in [-0.3, -0.25) is 0 Å². The molecule has 2 aromatic carbocycles. The third kappa shape index (κ3) is 1.96. The Morgan fingerprint density at radius 1 is 0.636 bits per heavy atom. The van der Waals surface area contributed by atoms with Crippen molar-refractivity contribution < 1.29 is 0 Å². The van der Waals surface area contributed by atoms with Crippen molar-refractivity contribution in [1.82, 2.24) is 0 Å². The number of aryl methyl sites for hydroxylation is 4. The number of hydrogen-bond donors (Lipinski definition) is 0. The molecule has 0 N–H and O–H groups in total. The summed E-state index contributed by atoms with van der Waals surface area (Å²) in [5, 5.41) is 3.35. The second kappa shape index (κ2) is 5.11. The number of hydrogen-bond acceptors (Lipinski definition) is 0. The molecular formula is C22H28. The first-order valence-corrected chi connectivity index (χ1v) is 9.21. The molecule has 0 bridgehead atoms. The fraction of sp³-hybridized carbons (Fsp3) is 0.545. The number of benzene rings is 2. The van der Waals surface area contributed by atoms with Crippen LogP contribution in [0.5, 0.6) is 0 Å². The molecule has 22 heavy (non-hydrogen) atoms. The molecular weight excluding hydrogens is 264 g/mol. The van der Waals surface area contributed by atoms with Gasteiger partial charge in [0.25, 0.3) is 0 Å². The summed E-state index contributed by atoms with van der Waals surface area (Å²) in [6.45, 7) is 9.46. The van der Waals surface area contributed by atoms with E-state index in [-0.39, 0.29) is 0 Å². The fourth-order valence-corrected chi connectivity index (χ4v) is 4.87. The molecule has 116 valence electrons. The molecule has 0 heteroatoms. The molecule has 0 fully saturated rings. The van der Waals surface area contributed by atoms with Gasteiger partial charge in [0, 0.05) is 0 Å². The van der Waals surface area contributed by atoms with Crippen molar-refractivity contribution in [2.45, 2.75) is 78.1 Å². The maximum atomic E-state index is 2.57. The van der Waals surface area contributed by atoms with Gasteiger partial charge in [0.2, 0.25) is 0 Å². The Morgan fingerprint density at radius 2 is 1.05 bits per heavy atom. The zero-order valence-corrected chi connectivity index (χ0v) is 14.6. The van der Waals surface area contributed by atoms with Crippen molar-refractivity contribution in [1.29, 1.82) is 0 Å². The van der Waals surface area contributed by atoms with E-state index >= 15 is 0 Å². The summed E-state index contributed by atoms with van der Waals surface area (Å²) < 4.78 is 0. The predicted molar refractivity (Wildman–Crippen MR) is 96.2 cm³/mol. The lowest BCUT2D eigenvalue weighted by atomic mass is 9.74. The molecule has 2 aliphatic rings. The Hall–Kier alpha value is -1.30. The van der Waals surface area contributed by atoms with E-state index in [0.717, 1.165) is 0 Å². The van der Waals surface area contributed by atoms with Gasteiger partial charge in [0.1, 0.15) is 0 Å². The van der Waals surface area contributed by atoms with Crippen LogP contribution in [0.1, 0.15) is 85.8 Å². The molecule has 0 aliphatic heterocycles. The Morgan fingerprint density at radius 3 is 1.41 bits per heavy atom. The summed E-state index contributed by atoms with van der Waals surface area (Å²) in [5.41, 5.74) is 9.94. The van der Waals surface area contributed by atoms with E-state index in [1.165, 1.54) is 38.5 Å². The Bertz CT molecular complexity index is 681. The molecule has 0 nitrogen and oxygen atoms in total. The molecule has 0 unspecified atom stereocenters. The van der Waals surface area contributed by atoms with Crippen molar-refractivity contribution in [3.05, 3.63) is 45.5 Å². The van der Waals surface area contributed by atoms with Gasteiger partial charge in [0.05, 0.1) is 0 Å². The van der Waals surface area contributed by atoms with Crippen LogP contribution in [0.3, 0.4) is 0 Å². The maximum absolute atomic E-state index is 2.57. The largest absolute Gasteiger partial charge is 0.0587 e. The summed E-state index contributed by atoms with van der Waals surface area (Å²) >= 11 is 0. The Kier molecular flexibility index (Phi) is 3.33. The molecule has 0 atom stereocenters. The minimum absolute atomic E-state index is 0.650. The highest BCUT2D eigenvalue weighted by molar-refractivity contribution is 5.97. The van der Waals surface area contributed by atoms with Gasteiger partial charge in [0.15, 0.2) is 0 Å². The summed E-state index contributed by atoms with van der Waals surface area (Å²) in [4.78, 5) is 0. The average molecular weight is 292 g/mol. The Balaban J connectivity index is 2.16. The lowest BCUT2D eigenvalue weighted by Crippen LogP contribution is -2.14. The van der Waals surface area contributed by atoms with Crippen molar-refractivity contribution >= 4 is 10.8 Å². The molecule has 4 rings (SSSR count). The predicted octanol–water partition coefficient (Wildman–Crippen LogP) is 6.06. The van der Waals surface area contributed by atoms with Crippen LogP contribution >= 0.6 is 0 Å². The fourth-order valence-electron chi connectivity index (χ4n) is 4.87. The van der Waals surface area contributed by atoms with E-state index in [9.17, 15) is 0 Å². The van der Waals surface area contributed by atoms with Crippen molar-refractivity contribution in [2.75, 3.05) is 0 Å². The minimum Gasteiger partial charge on any atom is -0.0587 e. The van der Waals surface area contributed by atoms with Crippen molar-refractivity contribution in [3.63, 3.8) is 0 Å². The van der Waals surface area contributed by atoms with Crippen LogP contribution in [-0.2, 0) is 25.7 Å². The van der Waals surface area contributed by atoms with Crippen LogP contribution in [-0.4, -0.2) is 0 Å². The first-order valence-electron chi connectivity index (χ1n) is 9.21. The summed E-state index contributed by atoms with van der Waals surface area (Å²) in [6, 6.07) is 5.15. The maximum Gasteiger partial charge on any atom is -0.0111 e. The first kappa shape index (κ1) is 14.3. The van der Waals surface area contributed by atoms with E-state index in [0.29, 0.717) is 11.8 Å². The molecule has 0 saturated heterocycles. The lowest BCUT2D eigenvalue weighted by molar-refractivity contribution is 0.741. The van der Waals surface area contributed by atoms with E-state index < -0.39 is 0 Å². The van der Waals surface area contributed by atoms with Crippen LogP contribution in [0.25, 0.3) is 10.8 Å². The zero-order valence-electron chi connectivity index (χ0n) is 14.6. The highest BCUT2D eigenvalue weighted by Gasteiger charge is 2.26. The normalized spacial score (nSPS) is 16.8. The van der Waals surface area contributed by atoms with Crippen molar-refractivity contribution in [2.24, 2.45) is 0 Å². The van der Waals surface area contributed by atoms with Gasteiger partial charge < -0.3 is 0 Å². The van der Waals surface area contributed by atoms with E-state index in [2.05, 4.69) is 39.8 Å². The van der Waals surface area contributed by atoms with Crippen LogP contribution < -0.4 is 0 Å². The van der Waals surface area contributed by atoms with E-state index in [4.69, 9.17) is 0 Å². The molecule has 2 aromatic rings. The van der Waals surface area contributed by atoms with Gasteiger partial charge >= 0.3 is 0 Å². The van der Waals surface area contributed by atoms with Gasteiger partial charge in [-0.05, 0) is 94.5 Å². The quantitative estimate of drug-likeness (QED) is 0.630. The summed E-state index contributed by atoms with van der Waals surface area (Å²) in [6.07, 6.45) is 7.81. The SMILES string of the molecule is CC(C)c1cc2c3c(c(C(C)C)cc4c3c1CCC4)CCC2. The van der Waals surface area contributed by atoms with E-state index in [1.807, 2.05) is 0 Å². The highest BCUT2D eigenvalue weighted by Crippen LogP contribution is 2.43. The standard InChI is InChI=1S/C22H28/c1-13(2)19-11-15-7-6-10-18-20(14(3)4)12-16-8-5-9-17(19)21(16)22(15)18/h11-14H,5-10H2,1-4H3. The molecule has 0 aromatic heterocycles. The molecule has 0 radical (unpaired) electrons. The van der Waals surface area contributed by atoms with Crippen LogP contribution in [0.15, 0.2) is 12.1 Å². The third-order valence-corrected chi connectivity index (χ3v) is 5.84. The van der Waals surface area contributed by atoms with Gasteiger partial charge in [-0.25, -0.2) is 0 Å². The van der Waals surface area contributed by atoms with Crippen LogP contribution in [0.2, 0.25) is 0 Å². The number of rotatable bonds is 2. The molecule has 0 heterocycles. The molecule has 0 spiro atoms. The van der Waals surface area contributed by atoms with Crippen LogP contribution in [0.4, 0.5) is 0 Å². The van der Waals surface area contributed by atoms with Gasteiger partial charge in [-0.2, -0.15) is 0 Å². The van der Waals surface area contributed by atoms with Gasteiger partial charge in [-0.1, -0.05) is 39.8 Å². The third-order valence-electron chi connectivity index (χ3n) is 5.84. The van der Waals surface area contributed by atoms with Gasteiger partial charge in [-0.15, -0.1) is 0 Å². The molecule has 0 saturated carbocycles. The monoisotopic (exact) mass is 292 g/mol. The minimum atomic E-state index is 0.650. The van der Waals surface area contributed by atoms with Crippen LogP contribution in [0, 0.1) is 0 Å².